The first kappa shape index (κ1) is 13.3. The predicted molar refractivity (Wildman–Crippen MR) is 75.8 cm³/mol. The average Bonchev–Trinajstić information content (AvgIpc) is 2.39. The summed E-state index contributed by atoms with van der Waals surface area (Å²) in [6.07, 6.45) is 2.75. The van der Waals surface area contributed by atoms with Crippen LogP contribution in [0.4, 0.5) is 11.4 Å². The normalized spacial score (nSPS) is 10.1. The number of aromatic nitrogens is 2. The predicted octanol–water partition coefficient (Wildman–Crippen LogP) is 2.45. The minimum Gasteiger partial charge on any atom is -0.378 e. The summed E-state index contributed by atoms with van der Waals surface area (Å²) in [7, 11) is 3.91. The van der Waals surface area contributed by atoms with Crippen molar-refractivity contribution in [1.29, 1.82) is 0 Å². The lowest BCUT2D eigenvalue weighted by Gasteiger charge is -2.12. The van der Waals surface area contributed by atoms with Gasteiger partial charge in [0.25, 0.3) is 5.91 Å². The highest BCUT2D eigenvalue weighted by molar-refractivity contribution is 6.29. The highest BCUT2D eigenvalue weighted by Gasteiger charge is 2.08. The van der Waals surface area contributed by atoms with Gasteiger partial charge in [0.05, 0.1) is 12.4 Å². The lowest BCUT2D eigenvalue weighted by atomic mass is 10.2. The third-order valence-electron chi connectivity index (χ3n) is 2.48. The van der Waals surface area contributed by atoms with Gasteiger partial charge in [-0.3, -0.25) is 9.78 Å². The Labute approximate surface area is 116 Å². The van der Waals surface area contributed by atoms with E-state index < -0.39 is 0 Å². The summed E-state index contributed by atoms with van der Waals surface area (Å²) >= 11 is 5.69. The number of nitrogens with zero attached hydrogens (tertiary/aromatic N) is 3. The minimum atomic E-state index is -0.340. The second-order valence-corrected chi connectivity index (χ2v) is 4.51. The van der Waals surface area contributed by atoms with Crippen LogP contribution in [0.5, 0.6) is 0 Å². The van der Waals surface area contributed by atoms with Crippen molar-refractivity contribution in [2.45, 2.75) is 0 Å². The van der Waals surface area contributed by atoms with Crippen LogP contribution in [0.3, 0.4) is 0 Å². The number of benzene rings is 1. The Bertz CT molecular complexity index is 583. The Kier molecular flexibility index (Phi) is 3.97. The molecule has 0 radical (unpaired) electrons. The van der Waals surface area contributed by atoms with E-state index in [0.29, 0.717) is 5.69 Å². The molecule has 0 aliphatic carbocycles. The van der Waals surface area contributed by atoms with Gasteiger partial charge in [0.15, 0.2) is 0 Å². The van der Waals surface area contributed by atoms with Crippen molar-refractivity contribution in [3.05, 3.63) is 47.5 Å². The number of rotatable bonds is 3. The number of halogens is 1. The molecule has 0 saturated carbocycles. The van der Waals surface area contributed by atoms with Crippen molar-refractivity contribution in [3.63, 3.8) is 0 Å². The molecule has 6 heteroatoms. The van der Waals surface area contributed by atoms with Gasteiger partial charge in [-0.25, -0.2) is 4.98 Å². The van der Waals surface area contributed by atoms with Gasteiger partial charge in [-0.05, 0) is 24.3 Å². The summed E-state index contributed by atoms with van der Waals surface area (Å²) < 4.78 is 0. The summed E-state index contributed by atoms with van der Waals surface area (Å²) in [6, 6.07) is 7.48. The van der Waals surface area contributed by atoms with E-state index in [1.165, 1.54) is 12.4 Å². The van der Waals surface area contributed by atoms with Crippen LogP contribution < -0.4 is 10.2 Å². The molecule has 1 aromatic heterocycles. The maximum absolute atomic E-state index is 11.9. The van der Waals surface area contributed by atoms with Gasteiger partial charge in [0.2, 0.25) is 0 Å². The zero-order valence-electron chi connectivity index (χ0n) is 10.6. The molecule has 0 spiro atoms. The fraction of sp³-hybridized carbons (Fsp3) is 0.154. The van der Waals surface area contributed by atoms with E-state index >= 15 is 0 Å². The number of carbonyl (C=O) groups is 1. The first-order valence-electron chi connectivity index (χ1n) is 5.62. The molecule has 2 rings (SSSR count). The van der Waals surface area contributed by atoms with E-state index in [4.69, 9.17) is 11.6 Å². The summed E-state index contributed by atoms with van der Waals surface area (Å²) in [5.41, 5.74) is 1.93. The van der Waals surface area contributed by atoms with Crippen LogP contribution >= 0.6 is 11.6 Å². The van der Waals surface area contributed by atoms with E-state index in [2.05, 4.69) is 15.3 Å². The highest BCUT2D eigenvalue weighted by Crippen LogP contribution is 2.16. The van der Waals surface area contributed by atoms with Gasteiger partial charge < -0.3 is 10.2 Å². The Balaban J connectivity index is 2.10. The maximum atomic E-state index is 11.9. The molecule has 2 aromatic rings. The maximum Gasteiger partial charge on any atom is 0.275 e. The monoisotopic (exact) mass is 276 g/mol. The first-order valence-corrected chi connectivity index (χ1v) is 6.00. The number of anilines is 2. The van der Waals surface area contributed by atoms with Gasteiger partial charge >= 0.3 is 0 Å². The molecule has 5 nitrogen and oxygen atoms in total. The molecule has 1 aromatic carbocycles. The number of hydrogen-bond donors (Lipinski definition) is 1. The van der Waals surface area contributed by atoms with Crippen molar-refractivity contribution in [1.82, 2.24) is 9.97 Å². The van der Waals surface area contributed by atoms with Gasteiger partial charge in [0.1, 0.15) is 10.8 Å². The van der Waals surface area contributed by atoms with Crippen molar-refractivity contribution in [3.8, 4) is 0 Å². The fourth-order valence-electron chi connectivity index (χ4n) is 1.49. The zero-order valence-corrected chi connectivity index (χ0v) is 11.3. The third kappa shape index (κ3) is 3.42. The minimum absolute atomic E-state index is 0.184. The molecule has 0 bridgehead atoms. The molecule has 0 atom stereocenters. The first-order chi connectivity index (χ1) is 9.06. The number of carbonyl (C=O) groups excluding carboxylic acids is 1. The molecule has 1 amide bonds. The smallest absolute Gasteiger partial charge is 0.275 e. The van der Waals surface area contributed by atoms with Crippen LogP contribution in [0, 0.1) is 0 Å². The van der Waals surface area contributed by atoms with Gasteiger partial charge in [-0.1, -0.05) is 11.6 Å². The molecule has 1 heterocycles. The van der Waals surface area contributed by atoms with Gasteiger partial charge in [-0.15, -0.1) is 0 Å². The second kappa shape index (κ2) is 5.67. The standard InChI is InChI=1S/C13H13ClN4O/c1-18(2)10-5-3-9(4-6-10)16-13(19)11-7-15-8-12(14)17-11/h3-8H,1-2H3,(H,16,19). The van der Waals surface area contributed by atoms with Crippen LogP contribution in [0.25, 0.3) is 0 Å². The van der Waals surface area contributed by atoms with E-state index in [9.17, 15) is 4.79 Å². The Morgan fingerprint density at radius 3 is 2.47 bits per heavy atom. The average molecular weight is 277 g/mol. The lowest BCUT2D eigenvalue weighted by molar-refractivity contribution is 0.102. The lowest BCUT2D eigenvalue weighted by Crippen LogP contribution is -2.14. The Morgan fingerprint density at radius 2 is 1.89 bits per heavy atom. The van der Waals surface area contributed by atoms with E-state index in [1.807, 2.05) is 43.3 Å². The molecular formula is C13H13ClN4O. The molecule has 0 fully saturated rings. The summed E-state index contributed by atoms with van der Waals surface area (Å²) in [5, 5.41) is 2.92. The number of hydrogen-bond acceptors (Lipinski definition) is 4. The third-order valence-corrected chi connectivity index (χ3v) is 2.66. The SMILES string of the molecule is CN(C)c1ccc(NC(=O)c2cncc(Cl)n2)cc1. The summed E-state index contributed by atoms with van der Waals surface area (Å²) in [6.45, 7) is 0. The largest absolute Gasteiger partial charge is 0.378 e. The molecule has 0 aliphatic rings. The molecular weight excluding hydrogens is 264 g/mol. The van der Waals surface area contributed by atoms with E-state index in [-0.39, 0.29) is 16.8 Å². The van der Waals surface area contributed by atoms with Gasteiger partial charge in [0, 0.05) is 25.5 Å². The van der Waals surface area contributed by atoms with E-state index in [1.54, 1.807) is 0 Å². The molecule has 0 aliphatic heterocycles. The molecule has 19 heavy (non-hydrogen) atoms. The molecule has 0 saturated heterocycles. The Morgan fingerprint density at radius 1 is 1.21 bits per heavy atom. The zero-order chi connectivity index (χ0) is 13.8. The van der Waals surface area contributed by atoms with Crippen molar-refractivity contribution in [2.75, 3.05) is 24.3 Å². The summed E-state index contributed by atoms with van der Waals surface area (Å²) in [5.74, 6) is -0.340. The van der Waals surface area contributed by atoms with Crippen LogP contribution in [0.1, 0.15) is 10.5 Å². The number of amides is 1. The summed E-state index contributed by atoms with van der Waals surface area (Å²) in [4.78, 5) is 21.6. The topological polar surface area (TPSA) is 58.1 Å². The molecule has 98 valence electrons. The molecule has 0 unspecified atom stereocenters. The molecule has 1 N–H and O–H groups in total. The number of nitrogens with one attached hydrogen (secondary N) is 1. The quantitative estimate of drug-likeness (QED) is 0.935. The van der Waals surface area contributed by atoms with Crippen molar-refractivity contribution in [2.24, 2.45) is 0 Å². The van der Waals surface area contributed by atoms with Crippen molar-refractivity contribution >= 4 is 28.9 Å². The van der Waals surface area contributed by atoms with Crippen LogP contribution in [-0.2, 0) is 0 Å². The highest BCUT2D eigenvalue weighted by atomic mass is 35.5. The van der Waals surface area contributed by atoms with Crippen molar-refractivity contribution < 1.29 is 4.79 Å². The van der Waals surface area contributed by atoms with Crippen LogP contribution in [-0.4, -0.2) is 30.0 Å². The second-order valence-electron chi connectivity index (χ2n) is 4.12. The van der Waals surface area contributed by atoms with Crippen LogP contribution in [0.15, 0.2) is 36.7 Å². The Hall–Kier alpha value is -2.14. The van der Waals surface area contributed by atoms with E-state index in [0.717, 1.165) is 5.69 Å². The van der Waals surface area contributed by atoms with Crippen LogP contribution in [0.2, 0.25) is 5.15 Å². The fourth-order valence-corrected chi connectivity index (χ4v) is 1.64. The van der Waals surface area contributed by atoms with Gasteiger partial charge in [-0.2, -0.15) is 0 Å².